The fraction of sp³-hybridized carbons (Fsp3) is 0.429. The first-order chi connectivity index (χ1) is 19.3. The van der Waals surface area contributed by atoms with Crippen LogP contribution in [0, 0.1) is 5.92 Å². The number of likely N-dealkylation sites (tertiary alicyclic amines) is 1. The van der Waals surface area contributed by atoms with Crippen LogP contribution in [0.2, 0.25) is 0 Å². The van der Waals surface area contributed by atoms with E-state index in [1.807, 2.05) is 13.8 Å². The lowest BCUT2D eigenvalue weighted by molar-refractivity contribution is -0.137. The number of aliphatic hydroxyl groups is 1. The minimum Gasteiger partial charge on any atom is -0.481 e. The van der Waals surface area contributed by atoms with Crippen molar-refractivity contribution in [1.82, 2.24) is 20.0 Å². The number of aromatic nitrogens is 2. The molecule has 3 amide bonds. The number of carboxylic acid groups (broad SMARTS) is 1. The number of carbonyl (C=O) groups is 3. The molecule has 0 spiro atoms. The van der Waals surface area contributed by atoms with E-state index in [-0.39, 0.29) is 54.1 Å². The first kappa shape index (κ1) is 29.8. The number of carboxylic acids is 1. The number of fused-ring (bicyclic) bond motifs is 1. The molecular weight excluding hydrogens is 543 g/mol. The molecule has 1 aromatic heterocycles. The normalized spacial score (nSPS) is 15.2. The maximum atomic E-state index is 14.0. The molecule has 2 heterocycles. The summed E-state index contributed by atoms with van der Waals surface area (Å²) >= 11 is 0. The topological polar surface area (TPSA) is 137 Å². The highest BCUT2D eigenvalue weighted by atomic mass is 19.4. The SMILES string of the molecule is CC(C)CC1(O)CCN(C(=O)Nc2cc(C(F)(F)F)c3cnn(-c4ccc(C(=O)NCCC(=O)O)cc4)c3c2)CC1. The van der Waals surface area contributed by atoms with Gasteiger partial charge in [0.05, 0.1) is 35.0 Å². The van der Waals surface area contributed by atoms with E-state index in [1.165, 1.54) is 39.9 Å². The van der Waals surface area contributed by atoms with Gasteiger partial charge < -0.3 is 25.7 Å². The number of nitrogens with one attached hydrogen (secondary N) is 2. The van der Waals surface area contributed by atoms with E-state index in [1.54, 1.807) is 0 Å². The Labute approximate surface area is 234 Å². The van der Waals surface area contributed by atoms with Gasteiger partial charge in [0.25, 0.3) is 5.91 Å². The van der Waals surface area contributed by atoms with Crippen LogP contribution < -0.4 is 10.6 Å². The van der Waals surface area contributed by atoms with Crippen molar-refractivity contribution >= 4 is 34.5 Å². The summed E-state index contributed by atoms with van der Waals surface area (Å²) in [6.45, 7) is 4.51. The molecule has 3 aromatic rings. The summed E-state index contributed by atoms with van der Waals surface area (Å²) in [6.07, 6.45) is -2.49. The second-order valence-electron chi connectivity index (χ2n) is 10.7. The number of carbonyl (C=O) groups excluding carboxylic acids is 2. The number of urea groups is 1. The van der Waals surface area contributed by atoms with Crippen LogP contribution in [0.4, 0.5) is 23.7 Å². The van der Waals surface area contributed by atoms with Crippen molar-refractivity contribution in [2.75, 3.05) is 25.0 Å². The van der Waals surface area contributed by atoms with E-state index < -0.39 is 35.2 Å². The molecule has 0 saturated carbocycles. The minimum atomic E-state index is -4.72. The lowest BCUT2D eigenvalue weighted by Crippen LogP contribution is -2.48. The van der Waals surface area contributed by atoms with Gasteiger partial charge in [-0.05, 0) is 61.6 Å². The van der Waals surface area contributed by atoms with Gasteiger partial charge in [-0.25, -0.2) is 9.48 Å². The van der Waals surface area contributed by atoms with Gasteiger partial charge in [0.15, 0.2) is 0 Å². The molecule has 4 rings (SSSR count). The Kier molecular flexibility index (Phi) is 8.57. The summed E-state index contributed by atoms with van der Waals surface area (Å²) in [7, 11) is 0. The van der Waals surface area contributed by atoms with Crippen LogP contribution in [0.15, 0.2) is 42.6 Å². The molecule has 0 unspecified atom stereocenters. The molecule has 1 fully saturated rings. The van der Waals surface area contributed by atoms with Crippen molar-refractivity contribution in [2.45, 2.75) is 51.3 Å². The van der Waals surface area contributed by atoms with Gasteiger partial charge in [-0.15, -0.1) is 0 Å². The Balaban J connectivity index is 1.57. The molecule has 0 atom stereocenters. The summed E-state index contributed by atoms with van der Waals surface area (Å²) in [5.74, 6) is -1.26. The molecule has 0 aliphatic carbocycles. The molecule has 13 heteroatoms. The number of anilines is 1. The monoisotopic (exact) mass is 575 g/mol. The number of hydrogen-bond donors (Lipinski definition) is 4. The minimum absolute atomic E-state index is 0.0509. The average Bonchev–Trinajstić information content (AvgIpc) is 3.31. The molecule has 4 N–H and O–H groups in total. The van der Waals surface area contributed by atoms with Crippen molar-refractivity contribution in [3.63, 3.8) is 0 Å². The largest absolute Gasteiger partial charge is 0.481 e. The van der Waals surface area contributed by atoms with E-state index >= 15 is 0 Å². The summed E-state index contributed by atoms with van der Waals surface area (Å²) in [6, 6.07) is 7.62. The first-order valence-electron chi connectivity index (χ1n) is 13.2. The third-order valence-corrected chi connectivity index (χ3v) is 7.01. The third-order valence-electron chi connectivity index (χ3n) is 7.01. The van der Waals surface area contributed by atoms with Gasteiger partial charge >= 0.3 is 18.2 Å². The summed E-state index contributed by atoms with van der Waals surface area (Å²) in [4.78, 5) is 37.3. The zero-order chi connectivity index (χ0) is 29.9. The number of aliphatic carboxylic acids is 1. The van der Waals surface area contributed by atoms with Gasteiger partial charge in [-0.3, -0.25) is 9.59 Å². The van der Waals surface area contributed by atoms with Crippen LogP contribution in [0.1, 0.15) is 55.5 Å². The van der Waals surface area contributed by atoms with Crippen molar-refractivity contribution in [1.29, 1.82) is 0 Å². The molecule has 1 aliphatic heterocycles. The van der Waals surface area contributed by atoms with E-state index in [2.05, 4.69) is 15.7 Å². The molecule has 0 bridgehead atoms. The Hall–Kier alpha value is -4.13. The lowest BCUT2D eigenvalue weighted by atomic mass is 9.84. The van der Waals surface area contributed by atoms with Crippen LogP contribution in [-0.4, -0.2) is 68.0 Å². The quantitative estimate of drug-likeness (QED) is 0.309. The predicted molar refractivity (Wildman–Crippen MR) is 145 cm³/mol. The highest BCUT2D eigenvalue weighted by molar-refractivity contribution is 5.96. The molecular formula is C28H32F3N5O5. The highest BCUT2D eigenvalue weighted by Crippen LogP contribution is 2.38. The predicted octanol–water partition coefficient (Wildman–Crippen LogP) is 4.65. The molecule has 1 aliphatic rings. The zero-order valence-electron chi connectivity index (χ0n) is 22.7. The number of halogens is 3. The van der Waals surface area contributed by atoms with Gasteiger partial charge in [-0.2, -0.15) is 18.3 Å². The number of alkyl halides is 3. The highest BCUT2D eigenvalue weighted by Gasteiger charge is 2.36. The van der Waals surface area contributed by atoms with Gasteiger partial charge in [-0.1, -0.05) is 13.8 Å². The van der Waals surface area contributed by atoms with E-state index in [9.17, 15) is 32.7 Å². The van der Waals surface area contributed by atoms with Crippen molar-refractivity contribution in [3.05, 3.63) is 53.7 Å². The third kappa shape index (κ3) is 7.15. The molecule has 41 heavy (non-hydrogen) atoms. The smallest absolute Gasteiger partial charge is 0.417 e. The number of benzene rings is 2. The Morgan fingerprint density at radius 1 is 1.10 bits per heavy atom. The van der Waals surface area contributed by atoms with Crippen molar-refractivity contribution < 1.29 is 37.8 Å². The van der Waals surface area contributed by atoms with Crippen LogP contribution in [-0.2, 0) is 11.0 Å². The molecule has 0 radical (unpaired) electrons. The van der Waals surface area contributed by atoms with E-state index in [4.69, 9.17) is 5.11 Å². The van der Waals surface area contributed by atoms with Crippen LogP contribution in [0.3, 0.4) is 0 Å². The maximum absolute atomic E-state index is 14.0. The maximum Gasteiger partial charge on any atom is 0.417 e. The molecule has 10 nitrogen and oxygen atoms in total. The van der Waals surface area contributed by atoms with Crippen molar-refractivity contribution in [2.24, 2.45) is 5.92 Å². The number of amides is 3. The number of piperidine rings is 1. The lowest BCUT2D eigenvalue weighted by Gasteiger charge is -2.39. The second-order valence-corrected chi connectivity index (χ2v) is 10.7. The standard InChI is InChI=1S/C28H32F3N5O5/c1-17(2)15-27(41)8-11-35(12-9-27)26(40)34-19-13-22(28(29,30)31)21-16-33-36(23(21)14-19)20-5-3-18(4-6-20)25(39)32-10-7-24(37)38/h3-6,13-14,16-17,41H,7-12,15H2,1-2H3,(H,32,39)(H,34,40)(H,37,38). The molecule has 220 valence electrons. The van der Waals surface area contributed by atoms with E-state index in [0.717, 1.165) is 12.3 Å². The number of nitrogens with zero attached hydrogens (tertiary/aromatic N) is 3. The fourth-order valence-corrected chi connectivity index (χ4v) is 5.07. The Bertz CT molecular complexity index is 1430. The van der Waals surface area contributed by atoms with Crippen LogP contribution in [0.25, 0.3) is 16.6 Å². The summed E-state index contributed by atoms with van der Waals surface area (Å²) in [5.41, 5.74) is -1.18. The molecule has 2 aromatic carbocycles. The second kappa shape index (κ2) is 11.8. The van der Waals surface area contributed by atoms with Gasteiger partial charge in [0.2, 0.25) is 0 Å². The average molecular weight is 576 g/mol. The van der Waals surface area contributed by atoms with E-state index in [0.29, 0.717) is 24.9 Å². The number of hydrogen-bond acceptors (Lipinski definition) is 5. The Morgan fingerprint density at radius 3 is 2.34 bits per heavy atom. The Morgan fingerprint density at radius 2 is 1.76 bits per heavy atom. The summed E-state index contributed by atoms with van der Waals surface area (Å²) in [5, 5.41) is 28.5. The van der Waals surface area contributed by atoms with Crippen LogP contribution in [0.5, 0.6) is 0 Å². The van der Waals surface area contributed by atoms with Gasteiger partial charge in [0.1, 0.15) is 0 Å². The first-order valence-corrected chi connectivity index (χ1v) is 13.2. The van der Waals surface area contributed by atoms with Crippen molar-refractivity contribution in [3.8, 4) is 5.69 Å². The van der Waals surface area contributed by atoms with Crippen LogP contribution >= 0.6 is 0 Å². The van der Waals surface area contributed by atoms with Gasteiger partial charge in [0, 0.05) is 36.3 Å². The summed E-state index contributed by atoms with van der Waals surface area (Å²) < 4.78 is 43.3. The zero-order valence-corrected chi connectivity index (χ0v) is 22.7. The number of rotatable bonds is 8. The molecule has 1 saturated heterocycles. The fourth-order valence-electron chi connectivity index (χ4n) is 5.07.